The lowest BCUT2D eigenvalue weighted by molar-refractivity contribution is -0.146. The molecule has 0 saturated carbocycles. The number of carbonyl (C=O) groups excluding carboxylic acids is 2. The molecule has 0 fully saturated rings. The van der Waals surface area contributed by atoms with Crippen LogP contribution in [-0.4, -0.2) is 157 Å². The maximum Gasteiger partial charge on any atom is 0.305 e. The number of hydrogen-bond donors (Lipinski definition) is 0. The van der Waals surface area contributed by atoms with Crippen LogP contribution in [0.1, 0.15) is 79.1 Å². The highest BCUT2D eigenvalue weighted by molar-refractivity contribution is 5.69. The van der Waals surface area contributed by atoms with E-state index in [-0.39, 0.29) is 25.2 Å². The third-order valence-electron chi connectivity index (χ3n) is 7.15. The Bertz CT molecular complexity index is 681. The zero-order chi connectivity index (χ0) is 38.0. The van der Waals surface area contributed by atoms with E-state index in [0.717, 1.165) is 38.5 Å². The Morgan fingerprint density at radius 1 is 0.308 bits per heavy atom. The number of ether oxygens (including phenoxy) is 12. The second-order valence-electron chi connectivity index (χ2n) is 12.8. The molecule has 0 rings (SSSR count). The molecule has 14 heteroatoms. The number of esters is 2. The summed E-state index contributed by atoms with van der Waals surface area (Å²) in [4.78, 5) is 23.3. The van der Waals surface area contributed by atoms with Gasteiger partial charge in [0.2, 0.25) is 0 Å². The van der Waals surface area contributed by atoms with Crippen molar-refractivity contribution in [2.75, 3.05) is 145 Å². The molecular weight excluding hydrogens is 680 g/mol. The lowest BCUT2D eigenvalue weighted by Crippen LogP contribution is -2.16. The normalized spacial score (nSPS) is 11.6. The zero-order valence-electron chi connectivity index (χ0n) is 33.1. The molecule has 0 aromatic heterocycles. The average Bonchev–Trinajstić information content (AvgIpc) is 3.12. The third kappa shape index (κ3) is 44.7. The van der Waals surface area contributed by atoms with E-state index in [0.29, 0.717) is 157 Å². The van der Waals surface area contributed by atoms with Crippen LogP contribution in [-0.2, 0) is 66.4 Å². The smallest absolute Gasteiger partial charge is 0.305 e. The first-order valence-electron chi connectivity index (χ1n) is 19.5. The molecule has 0 amide bonds. The molecule has 52 heavy (non-hydrogen) atoms. The van der Waals surface area contributed by atoms with Crippen LogP contribution in [0.5, 0.6) is 0 Å². The Kier molecular flexibility index (Phi) is 41.1. The molecule has 0 aliphatic heterocycles. The summed E-state index contributed by atoms with van der Waals surface area (Å²) < 4.78 is 64.9. The molecule has 14 nitrogen and oxygen atoms in total. The highest BCUT2D eigenvalue weighted by atomic mass is 16.6. The van der Waals surface area contributed by atoms with E-state index < -0.39 is 0 Å². The fraction of sp³-hybridized carbons (Fsp3) is 0.947. The van der Waals surface area contributed by atoms with E-state index in [2.05, 4.69) is 27.7 Å². The van der Waals surface area contributed by atoms with Gasteiger partial charge in [-0.1, -0.05) is 53.4 Å². The van der Waals surface area contributed by atoms with E-state index in [9.17, 15) is 9.59 Å². The van der Waals surface area contributed by atoms with Gasteiger partial charge in [-0.05, 0) is 24.7 Å². The largest absolute Gasteiger partial charge is 0.463 e. The van der Waals surface area contributed by atoms with Gasteiger partial charge in [0.1, 0.15) is 13.2 Å². The maximum atomic E-state index is 11.6. The summed E-state index contributed by atoms with van der Waals surface area (Å²) in [5.41, 5.74) is 0. The average molecular weight is 755 g/mol. The monoisotopic (exact) mass is 755 g/mol. The standard InChI is InChI=1S/C38H74O14/c1-35(2)9-5-7-11-37(39)51-33-31-49-29-27-47-25-23-45-21-19-43-17-15-41-13-14-42-16-18-44-20-22-46-24-26-48-28-30-50-32-34-52-38(40)12-8-6-10-36(3)4/h35-36H,5-34H2,1-4H3. The first-order valence-corrected chi connectivity index (χ1v) is 19.5. The Labute approximate surface area is 314 Å². The zero-order valence-corrected chi connectivity index (χ0v) is 33.1. The molecule has 0 bridgehead atoms. The van der Waals surface area contributed by atoms with Gasteiger partial charge in [0.05, 0.1) is 132 Å². The first-order chi connectivity index (χ1) is 25.4. The van der Waals surface area contributed by atoms with Gasteiger partial charge in [-0.15, -0.1) is 0 Å². The van der Waals surface area contributed by atoms with Crippen LogP contribution in [0.2, 0.25) is 0 Å². The second-order valence-corrected chi connectivity index (χ2v) is 12.8. The molecule has 0 aromatic carbocycles. The highest BCUT2D eigenvalue weighted by Crippen LogP contribution is 2.09. The van der Waals surface area contributed by atoms with Crippen molar-refractivity contribution in [1.82, 2.24) is 0 Å². The molecule has 0 spiro atoms. The van der Waals surface area contributed by atoms with E-state index in [1.807, 2.05) is 0 Å². The summed E-state index contributed by atoms with van der Waals surface area (Å²) in [5.74, 6) is 1.02. The van der Waals surface area contributed by atoms with Crippen molar-refractivity contribution < 1.29 is 66.4 Å². The van der Waals surface area contributed by atoms with Crippen LogP contribution in [0.4, 0.5) is 0 Å². The summed E-state index contributed by atoms with van der Waals surface area (Å²) in [5, 5.41) is 0. The van der Waals surface area contributed by atoms with Crippen molar-refractivity contribution in [3.63, 3.8) is 0 Å². The van der Waals surface area contributed by atoms with E-state index in [4.69, 9.17) is 56.8 Å². The van der Waals surface area contributed by atoms with Crippen LogP contribution >= 0.6 is 0 Å². The minimum Gasteiger partial charge on any atom is -0.463 e. The van der Waals surface area contributed by atoms with Gasteiger partial charge in [0.25, 0.3) is 0 Å². The summed E-state index contributed by atoms with van der Waals surface area (Å²) in [6.07, 6.45) is 7.10. The molecule has 0 saturated heterocycles. The number of carbonyl (C=O) groups is 2. The molecule has 0 unspecified atom stereocenters. The number of rotatable bonds is 43. The van der Waals surface area contributed by atoms with Crippen LogP contribution in [0.25, 0.3) is 0 Å². The lowest BCUT2D eigenvalue weighted by atomic mass is 10.1. The lowest BCUT2D eigenvalue weighted by Gasteiger charge is -2.09. The van der Waals surface area contributed by atoms with Crippen molar-refractivity contribution in [3.8, 4) is 0 Å². The Morgan fingerprint density at radius 2 is 0.500 bits per heavy atom. The molecule has 0 aliphatic carbocycles. The van der Waals surface area contributed by atoms with Gasteiger partial charge < -0.3 is 56.8 Å². The highest BCUT2D eigenvalue weighted by Gasteiger charge is 2.05. The van der Waals surface area contributed by atoms with Crippen molar-refractivity contribution in [2.45, 2.75) is 79.1 Å². The van der Waals surface area contributed by atoms with E-state index in [1.54, 1.807) is 0 Å². The Morgan fingerprint density at radius 3 is 0.692 bits per heavy atom. The minimum atomic E-state index is -0.157. The van der Waals surface area contributed by atoms with Gasteiger partial charge in [0, 0.05) is 12.8 Å². The topological polar surface area (TPSA) is 145 Å². The first kappa shape index (κ1) is 50.5. The predicted molar refractivity (Wildman–Crippen MR) is 197 cm³/mol. The van der Waals surface area contributed by atoms with Crippen LogP contribution in [0.3, 0.4) is 0 Å². The molecule has 0 N–H and O–H groups in total. The second kappa shape index (κ2) is 42.3. The molecular formula is C38H74O14. The Balaban J connectivity index is 3.13. The number of hydrogen-bond acceptors (Lipinski definition) is 14. The van der Waals surface area contributed by atoms with Crippen LogP contribution < -0.4 is 0 Å². The fourth-order valence-electron chi connectivity index (χ4n) is 4.30. The summed E-state index contributed by atoms with van der Waals surface area (Å²) >= 11 is 0. The van der Waals surface area contributed by atoms with Gasteiger partial charge in [-0.3, -0.25) is 9.59 Å². The molecule has 310 valence electrons. The van der Waals surface area contributed by atoms with Gasteiger partial charge in [-0.2, -0.15) is 0 Å². The van der Waals surface area contributed by atoms with Gasteiger partial charge in [0.15, 0.2) is 0 Å². The SMILES string of the molecule is CC(C)CCCCC(=O)OCCOCCOCCOCCOCCOCCOCCOCCOCCOCCOCCOC(=O)CCCCC(C)C. The molecule has 0 aliphatic rings. The molecule has 0 aromatic rings. The Hall–Kier alpha value is -1.46. The molecule has 0 heterocycles. The fourth-order valence-corrected chi connectivity index (χ4v) is 4.30. The maximum absolute atomic E-state index is 11.6. The summed E-state index contributed by atoms with van der Waals surface area (Å²) in [7, 11) is 0. The van der Waals surface area contributed by atoms with Crippen molar-refractivity contribution in [1.29, 1.82) is 0 Å². The molecule has 0 atom stereocenters. The van der Waals surface area contributed by atoms with Crippen molar-refractivity contribution >= 4 is 11.9 Å². The van der Waals surface area contributed by atoms with Crippen LogP contribution in [0, 0.1) is 11.8 Å². The number of unbranched alkanes of at least 4 members (excludes halogenated alkanes) is 2. The minimum absolute atomic E-state index is 0.157. The quantitative estimate of drug-likeness (QED) is 0.0628. The third-order valence-corrected chi connectivity index (χ3v) is 7.15. The van der Waals surface area contributed by atoms with Gasteiger partial charge in [-0.25, -0.2) is 0 Å². The predicted octanol–water partition coefficient (Wildman–Crippen LogP) is 4.67. The summed E-state index contributed by atoms with van der Waals surface area (Å²) in [6.45, 7) is 18.7. The van der Waals surface area contributed by atoms with Crippen LogP contribution in [0.15, 0.2) is 0 Å². The molecule has 0 radical (unpaired) electrons. The van der Waals surface area contributed by atoms with Crippen molar-refractivity contribution in [2.24, 2.45) is 11.8 Å². The van der Waals surface area contributed by atoms with E-state index in [1.165, 1.54) is 0 Å². The van der Waals surface area contributed by atoms with Crippen molar-refractivity contribution in [3.05, 3.63) is 0 Å². The van der Waals surface area contributed by atoms with Gasteiger partial charge >= 0.3 is 11.9 Å². The summed E-state index contributed by atoms with van der Waals surface area (Å²) in [6, 6.07) is 0. The van der Waals surface area contributed by atoms with E-state index >= 15 is 0 Å².